The Morgan fingerprint density at radius 1 is 1.40 bits per heavy atom. The first-order chi connectivity index (χ1) is 4.21. The van der Waals surface area contributed by atoms with Crippen LogP contribution in [0.15, 0.2) is 0 Å². The van der Waals surface area contributed by atoms with Crippen molar-refractivity contribution in [1.29, 1.82) is 0 Å². The SMILES string of the molecule is O=S(=O)(O)OCC(Br)(Br)Br. The van der Waals surface area contributed by atoms with Gasteiger partial charge in [0.2, 0.25) is 0 Å². The zero-order valence-corrected chi connectivity index (χ0v) is 10.00. The third kappa shape index (κ3) is 9.31. The quantitative estimate of drug-likeness (QED) is 0.599. The molecule has 0 amide bonds. The van der Waals surface area contributed by atoms with Crippen LogP contribution in [-0.2, 0) is 14.6 Å². The maximum Gasteiger partial charge on any atom is 0.397 e. The van der Waals surface area contributed by atoms with Crippen molar-refractivity contribution in [3.63, 3.8) is 0 Å². The summed E-state index contributed by atoms with van der Waals surface area (Å²) in [7, 11) is -4.35. The molecule has 0 saturated heterocycles. The van der Waals surface area contributed by atoms with E-state index in [2.05, 4.69) is 52.0 Å². The zero-order chi connectivity index (χ0) is 8.41. The molecular weight excluding hydrogens is 360 g/mol. The van der Waals surface area contributed by atoms with E-state index in [-0.39, 0.29) is 6.61 Å². The molecule has 0 spiro atoms. The molecule has 0 aliphatic carbocycles. The molecule has 1 N–H and O–H groups in total. The van der Waals surface area contributed by atoms with Crippen molar-refractivity contribution in [3.8, 4) is 0 Å². The third-order valence-electron chi connectivity index (χ3n) is 0.372. The van der Waals surface area contributed by atoms with Crippen LogP contribution in [0.4, 0.5) is 0 Å². The van der Waals surface area contributed by atoms with Crippen molar-refractivity contribution in [2.24, 2.45) is 0 Å². The highest BCUT2D eigenvalue weighted by molar-refractivity contribution is 9.39. The van der Waals surface area contributed by atoms with Gasteiger partial charge in [0.15, 0.2) is 2.14 Å². The van der Waals surface area contributed by atoms with Gasteiger partial charge in [-0.25, -0.2) is 4.18 Å². The van der Waals surface area contributed by atoms with Crippen LogP contribution >= 0.6 is 47.8 Å². The summed E-state index contributed by atoms with van der Waals surface area (Å²) in [6.07, 6.45) is 0. The summed E-state index contributed by atoms with van der Waals surface area (Å²) in [6, 6.07) is 0. The van der Waals surface area contributed by atoms with E-state index < -0.39 is 12.5 Å². The molecule has 0 bridgehead atoms. The molecule has 0 radical (unpaired) electrons. The van der Waals surface area contributed by atoms with Crippen molar-refractivity contribution in [1.82, 2.24) is 0 Å². The summed E-state index contributed by atoms with van der Waals surface area (Å²) in [5.74, 6) is 0. The van der Waals surface area contributed by atoms with E-state index in [4.69, 9.17) is 4.55 Å². The van der Waals surface area contributed by atoms with Crippen molar-refractivity contribution >= 4 is 58.2 Å². The monoisotopic (exact) mass is 360 g/mol. The third-order valence-corrected chi connectivity index (χ3v) is 1.47. The van der Waals surface area contributed by atoms with Crippen LogP contribution in [0.3, 0.4) is 0 Å². The lowest BCUT2D eigenvalue weighted by atomic mass is 10.9. The lowest BCUT2D eigenvalue weighted by Gasteiger charge is -2.08. The number of hydrogen-bond donors (Lipinski definition) is 1. The first-order valence-electron chi connectivity index (χ1n) is 1.89. The zero-order valence-electron chi connectivity index (χ0n) is 4.42. The van der Waals surface area contributed by atoms with Crippen molar-refractivity contribution in [2.45, 2.75) is 2.14 Å². The van der Waals surface area contributed by atoms with Crippen LogP contribution in [0.2, 0.25) is 0 Å². The lowest BCUT2D eigenvalue weighted by molar-refractivity contribution is 0.280. The van der Waals surface area contributed by atoms with E-state index >= 15 is 0 Å². The topological polar surface area (TPSA) is 63.6 Å². The van der Waals surface area contributed by atoms with Crippen molar-refractivity contribution in [2.75, 3.05) is 6.61 Å². The van der Waals surface area contributed by atoms with Gasteiger partial charge in [-0.2, -0.15) is 8.42 Å². The fraction of sp³-hybridized carbons (Fsp3) is 1.00. The van der Waals surface area contributed by atoms with Crippen molar-refractivity contribution in [3.05, 3.63) is 0 Å². The van der Waals surface area contributed by atoms with Gasteiger partial charge in [-0.1, -0.05) is 47.8 Å². The average molecular weight is 363 g/mol. The Bertz CT molecular complexity index is 191. The Morgan fingerprint density at radius 2 is 1.80 bits per heavy atom. The molecule has 0 aromatic carbocycles. The molecule has 0 aliphatic rings. The summed E-state index contributed by atoms with van der Waals surface area (Å²) in [6.45, 7) is -0.258. The van der Waals surface area contributed by atoms with E-state index in [1.165, 1.54) is 0 Å². The molecule has 0 heterocycles. The van der Waals surface area contributed by atoms with Gasteiger partial charge in [0.05, 0.1) is 0 Å². The van der Waals surface area contributed by atoms with Crippen LogP contribution in [0.5, 0.6) is 0 Å². The molecule has 0 aliphatic heterocycles. The normalized spacial score (nSPS) is 13.6. The number of hydrogen-bond acceptors (Lipinski definition) is 3. The molecule has 0 unspecified atom stereocenters. The largest absolute Gasteiger partial charge is 0.397 e. The Balaban J connectivity index is 3.79. The predicted octanol–water partition coefficient (Wildman–Crippen LogP) is 1.64. The van der Waals surface area contributed by atoms with Gasteiger partial charge in [-0.05, 0) is 0 Å². The highest BCUT2D eigenvalue weighted by Gasteiger charge is 2.21. The van der Waals surface area contributed by atoms with Crippen LogP contribution in [0.1, 0.15) is 0 Å². The van der Waals surface area contributed by atoms with Crippen molar-refractivity contribution < 1.29 is 17.2 Å². The smallest absolute Gasteiger partial charge is 0.264 e. The van der Waals surface area contributed by atoms with Gasteiger partial charge in [0.25, 0.3) is 0 Å². The number of halogens is 3. The van der Waals surface area contributed by atoms with Gasteiger partial charge in [0, 0.05) is 0 Å². The Labute approximate surface area is 83.7 Å². The lowest BCUT2D eigenvalue weighted by Crippen LogP contribution is -2.15. The fourth-order valence-electron chi connectivity index (χ4n) is 0.141. The maximum atomic E-state index is 9.95. The minimum absolute atomic E-state index is 0.258. The van der Waals surface area contributed by atoms with Gasteiger partial charge >= 0.3 is 10.4 Å². The number of rotatable bonds is 2. The minimum atomic E-state index is -4.35. The van der Waals surface area contributed by atoms with E-state index in [0.717, 1.165) is 0 Å². The van der Waals surface area contributed by atoms with E-state index in [1.54, 1.807) is 0 Å². The first kappa shape index (κ1) is 11.3. The standard InChI is InChI=1S/C2H3Br3O4S/c3-2(4,5)1-9-10(6,7)8/h1H2,(H,6,7,8). The highest BCUT2D eigenvalue weighted by atomic mass is 80.0. The van der Waals surface area contributed by atoms with Crippen LogP contribution in [0.25, 0.3) is 0 Å². The van der Waals surface area contributed by atoms with Crippen LogP contribution in [0, 0.1) is 0 Å². The molecule has 0 atom stereocenters. The molecule has 0 aromatic heterocycles. The highest BCUT2D eigenvalue weighted by Crippen LogP contribution is 2.33. The number of alkyl halides is 3. The van der Waals surface area contributed by atoms with Gasteiger partial charge in [-0.3, -0.25) is 4.55 Å². The summed E-state index contributed by atoms with van der Waals surface area (Å²) in [4.78, 5) is 0. The average Bonchev–Trinajstić information content (AvgIpc) is 1.57. The second-order valence-corrected chi connectivity index (χ2v) is 9.65. The molecule has 0 rings (SSSR count). The van der Waals surface area contributed by atoms with Crippen LogP contribution < -0.4 is 0 Å². The summed E-state index contributed by atoms with van der Waals surface area (Å²) >= 11 is 8.89. The van der Waals surface area contributed by atoms with Gasteiger partial charge in [-0.15, -0.1) is 0 Å². The maximum absolute atomic E-state index is 9.95. The molecule has 8 heteroatoms. The molecule has 10 heavy (non-hydrogen) atoms. The first-order valence-corrected chi connectivity index (χ1v) is 5.64. The van der Waals surface area contributed by atoms with Crippen LogP contribution in [-0.4, -0.2) is 21.7 Å². The van der Waals surface area contributed by atoms with Gasteiger partial charge < -0.3 is 0 Å². The minimum Gasteiger partial charge on any atom is -0.264 e. The summed E-state index contributed by atoms with van der Waals surface area (Å²) < 4.78 is 31.1. The second-order valence-electron chi connectivity index (χ2n) is 1.31. The molecular formula is C2H3Br3O4S. The Morgan fingerprint density at radius 3 is 1.90 bits per heavy atom. The second kappa shape index (κ2) is 3.81. The summed E-state index contributed by atoms with van der Waals surface area (Å²) in [5.41, 5.74) is 0. The molecule has 0 fully saturated rings. The molecule has 62 valence electrons. The summed E-state index contributed by atoms with van der Waals surface area (Å²) in [5, 5.41) is 0. The predicted molar refractivity (Wildman–Crippen MR) is 47.0 cm³/mol. The van der Waals surface area contributed by atoms with Gasteiger partial charge in [0.1, 0.15) is 6.61 Å². The molecule has 0 aromatic rings. The molecule has 4 nitrogen and oxygen atoms in total. The van der Waals surface area contributed by atoms with E-state index in [1.807, 2.05) is 0 Å². The Hall–Kier alpha value is 1.31. The van der Waals surface area contributed by atoms with E-state index in [0.29, 0.717) is 0 Å². The Kier molecular flexibility index (Phi) is 4.31. The fourth-order valence-corrected chi connectivity index (χ4v) is 1.26. The van der Waals surface area contributed by atoms with E-state index in [9.17, 15) is 8.42 Å². The molecule has 0 saturated carbocycles.